The van der Waals surface area contributed by atoms with Crippen LogP contribution < -0.4 is 0 Å². The number of hydrogen-bond acceptors (Lipinski definition) is 3. The molecule has 4 heteroatoms. The Labute approximate surface area is 96.5 Å². The zero-order valence-corrected chi connectivity index (χ0v) is 9.55. The molecule has 0 N–H and O–H groups in total. The van der Waals surface area contributed by atoms with Crippen molar-refractivity contribution >= 4 is 0 Å². The van der Waals surface area contributed by atoms with Crippen LogP contribution in [0.15, 0.2) is 18.5 Å². The second kappa shape index (κ2) is 5.66. The van der Waals surface area contributed by atoms with Crippen LogP contribution in [0.1, 0.15) is 25.7 Å². The monoisotopic (exact) mass is 218 g/mol. The van der Waals surface area contributed by atoms with Crippen LogP contribution in [-0.2, 0) is 6.54 Å². The SMILES string of the molecule is N#CCCCN1CCC[C@H]1Cn1cccn1. The average molecular weight is 218 g/mol. The normalized spacial score (nSPS) is 21.1. The van der Waals surface area contributed by atoms with Gasteiger partial charge in [-0.15, -0.1) is 0 Å². The molecule has 0 radical (unpaired) electrons. The topological polar surface area (TPSA) is 44.9 Å². The molecule has 0 bridgehead atoms. The van der Waals surface area contributed by atoms with Crippen LogP contribution >= 0.6 is 0 Å². The third kappa shape index (κ3) is 2.83. The summed E-state index contributed by atoms with van der Waals surface area (Å²) in [5.41, 5.74) is 0. The van der Waals surface area contributed by atoms with E-state index in [2.05, 4.69) is 16.1 Å². The number of aromatic nitrogens is 2. The van der Waals surface area contributed by atoms with Crippen LogP contribution in [0.5, 0.6) is 0 Å². The van der Waals surface area contributed by atoms with Crippen LogP contribution in [0, 0.1) is 11.3 Å². The van der Waals surface area contributed by atoms with Gasteiger partial charge in [-0.3, -0.25) is 9.58 Å². The van der Waals surface area contributed by atoms with E-state index in [1.807, 2.05) is 23.1 Å². The third-order valence-electron chi connectivity index (χ3n) is 3.19. The van der Waals surface area contributed by atoms with Crippen molar-refractivity contribution in [2.24, 2.45) is 0 Å². The van der Waals surface area contributed by atoms with Crippen LogP contribution in [0.2, 0.25) is 0 Å². The summed E-state index contributed by atoms with van der Waals surface area (Å²) in [7, 11) is 0. The minimum absolute atomic E-state index is 0.610. The van der Waals surface area contributed by atoms with Crippen LogP contribution in [0.3, 0.4) is 0 Å². The molecule has 1 atom stereocenters. The predicted molar refractivity (Wildman–Crippen MR) is 61.7 cm³/mol. The lowest BCUT2D eigenvalue weighted by atomic mass is 10.2. The fraction of sp³-hybridized carbons (Fsp3) is 0.667. The Hall–Kier alpha value is -1.34. The summed E-state index contributed by atoms with van der Waals surface area (Å²) in [6, 6.07) is 4.78. The summed E-state index contributed by atoms with van der Waals surface area (Å²) < 4.78 is 2.01. The van der Waals surface area contributed by atoms with Crippen molar-refractivity contribution in [1.29, 1.82) is 5.26 Å². The molecule has 0 aromatic carbocycles. The highest BCUT2D eigenvalue weighted by Gasteiger charge is 2.24. The summed E-state index contributed by atoms with van der Waals surface area (Å²) in [5, 5.41) is 12.8. The van der Waals surface area contributed by atoms with Crippen molar-refractivity contribution in [2.45, 2.75) is 38.3 Å². The molecule has 86 valence electrons. The Morgan fingerprint density at radius 2 is 2.44 bits per heavy atom. The maximum Gasteiger partial charge on any atom is 0.0622 e. The summed E-state index contributed by atoms with van der Waals surface area (Å²) >= 11 is 0. The fourth-order valence-electron chi connectivity index (χ4n) is 2.38. The second-order valence-electron chi connectivity index (χ2n) is 4.32. The third-order valence-corrected chi connectivity index (χ3v) is 3.19. The molecule has 0 spiro atoms. The largest absolute Gasteiger partial charge is 0.299 e. The number of likely N-dealkylation sites (tertiary alicyclic amines) is 1. The van der Waals surface area contributed by atoms with Crippen LogP contribution in [0.4, 0.5) is 0 Å². The fourth-order valence-corrected chi connectivity index (χ4v) is 2.38. The van der Waals surface area contributed by atoms with Crippen molar-refractivity contribution < 1.29 is 0 Å². The number of nitriles is 1. The number of hydrogen-bond donors (Lipinski definition) is 0. The average Bonchev–Trinajstić information content (AvgIpc) is 2.92. The van der Waals surface area contributed by atoms with Crippen molar-refractivity contribution in [3.63, 3.8) is 0 Å². The van der Waals surface area contributed by atoms with Gasteiger partial charge >= 0.3 is 0 Å². The molecule has 2 rings (SSSR count). The summed E-state index contributed by atoms with van der Waals surface area (Å²) in [6.45, 7) is 3.22. The van der Waals surface area contributed by atoms with Crippen molar-refractivity contribution in [3.05, 3.63) is 18.5 Å². The Kier molecular flexibility index (Phi) is 3.95. The molecule has 0 saturated carbocycles. The molecule has 1 fully saturated rings. The van der Waals surface area contributed by atoms with Crippen LogP contribution in [-0.4, -0.2) is 33.8 Å². The smallest absolute Gasteiger partial charge is 0.0622 e. The minimum atomic E-state index is 0.610. The van der Waals surface area contributed by atoms with E-state index in [0.29, 0.717) is 12.5 Å². The number of unbranched alkanes of at least 4 members (excludes halogenated alkanes) is 1. The van der Waals surface area contributed by atoms with Gasteiger partial charge in [-0.2, -0.15) is 10.4 Å². The number of nitrogens with zero attached hydrogens (tertiary/aromatic N) is 4. The molecule has 1 aromatic heterocycles. The predicted octanol–water partition coefficient (Wildman–Crippen LogP) is 1.65. The Balaban J connectivity index is 1.81. The molecule has 1 aliphatic rings. The number of rotatable bonds is 5. The molecular weight excluding hydrogens is 200 g/mol. The van der Waals surface area contributed by atoms with E-state index in [4.69, 9.17) is 5.26 Å². The van der Waals surface area contributed by atoms with Gasteiger partial charge in [0.1, 0.15) is 0 Å². The molecule has 0 unspecified atom stereocenters. The molecule has 0 aliphatic carbocycles. The molecule has 16 heavy (non-hydrogen) atoms. The first-order valence-corrected chi connectivity index (χ1v) is 5.98. The lowest BCUT2D eigenvalue weighted by Crippen LogP contribution is -2.33. The molecular formula is C12H18N4. The second-order valence-corrected chi connectivity index (χ2v) is 4.32. The zero-order valence-electron chi connectivity index (χ0n) is 9.55. The molecule has 1 aliphatic heterocycles. The van der Waals surface area contributed by atoms with Gasteiger partial charge in [-0.25, -0.2) is 0 Å². The van der Waals surface area contributed by atoms with Gasteiger partial charge in [0.05, 0.1) is 12.6 Å². The molecule has 1 aromatic rings. The van der Waals surface area contributed by atoms with E-state index in [0.717, 1.165) is 19.5 Å². The summed E-state index contributed by atoms with van der Waals surface area (Å²) in [4.78, 5) is 2.50. The van der Waals surface area contributed by atoms with E-state index < -0.39 is 0 Å². The van der Waals surface area contributed by atoms with Gasteiger partial charge in [-0.05, 0) is 38.4 Å². The van der Waals surface area contributed by atoms with E-state index in [1.54, 1.807) is 0 Å². The highest BCUT2D eigenvalue weighted by molar-refractivity contribution is 4.84. The molecule has 2 heterocycles. The van der Waals surface area contributed by atoms with E-state index in [-0.39, 0.29) is 0 Å². The van der Waals surface area contributed by atoms with Crippen molar-refractivity contribution in [3.8, 4) is 6.07 Å². The molecule has 1 saturated heterocycles. The highest BCUT2D eigenvalue weighted by Crippen LogP contribution is 2.18. The summed E-state index contributed by atoms with van der Waals surface area (Å²) in [5.74, 6) is 0. The van der Waals surface area contributed by atoms with Gasteiger partial charge in [0.25, 0.3) is 0 Å². The van der Waals surface area contributed by atoms with Gasteiger partial charge < -0.3 is 0 Å². The Bertz CT molecular complexity index is 338. The zero-order chi connectivity index (χ0) is 11.2. The van der Waals surface area contributed by atoms with Crippen molar-refractivity contribution in [2.75, 3.05) is 13.1 Å². The maximum absolute atomic E-state index is 8.53. The Morgan fingerprint density at radius 3 is 3.19 bits per heavy atom. The van der Waals surface area contributed by atoms with Gasteiger partial charge in [0.2, 0.25) is 0 Å². The lowest BCUT2D eigenvalue weighted by Gasteiger charge is -2.23. The van der Waals surface area contributed by atoms with Gasteiger partial charge in [0, 0.05) is 24.9 Å². The van der Waals surface area contributed by atoms with Gasteiger partial charge in [-0.1, -0.05) is 0 Å². The standard InChI is InChI=1S/C12H18N4/c13-6-1-2-8-15-9-3-5-12(15)11-16-10-4-7-14-16/h4,7,10,12H,1-3,5,8-9,11H2/t12-/m0/s1. The summed E-state index contributed by atoms with van der Waals surface area (Å²) in [6.07, 6.45) is 8.04. The highest BCUT2D eigenvalue weighted by atomic mass is 15.3. The van der Waals surface area contributed by atoms with Crippen molar-refractivity contribution in [1.82, 2.24) is 14.7 Å². The first-order valence-electron chi connectivity index (χ1n) is 5.98. The van der Waals surface area contributed by atoms with Gasteiger partial charge in [0.15, 0.2) is 0 Å². The first-order chi connectivity index (χ1) is 7.90. The lowest BCUT2D eigenvalue weighted by molar-refractivity contribution is 0.225. The molecule has 4 nitrogen and oxygen atoms in total. The van der Waals surface area contributed by atoms with E-state index >= 15 is 0 Å². The first kappa shape index (κ1) is 11.2. The van der Waals surface area contributed by atoms with E-state index in [1.165, 1.54) is 19.4 Å². The van der Waals surface area contributed by atoms with Crippen LogP contribution in [0.25, 0.3) is 0 Å². The Morgan fingerprint density at radius 1 is 1.50 bits per heavy atom. The minimum Gasteiger partial charge on any atom is -0.299 e. The maximum atomic E-state index is 8.53. The van der Waals surface area contributed by atoms with E-state index in [9.17, 15) is 0 Å². The molecule has 0 amide bonds. The quantitative estimate of drug-likeness (QED) is 0.706.